The van der Waals surface area contributed by atoms with Gasteiger partial charge in [0.25, 0.3) is 0 Å². The molecular weight excluding hydrogens is 401 g/mol. The SMILES string of the molecule is CC(=O)Oc1cc(I)ccc1C(=O)OCC[NH+]1CCOCC1. The van der Waals surface area contributed by atoms with Crippen LogP contribution in [0.25, 0.3) is 0 Å². The number of nitrogens with one attached hydrogen (secondary N) is 1. The standard InChI is InChI=1S/C15H18INO5/c1-11(18)22-14-10-12(16)2-3-13(14)15(19)21-9-6-17-4-7-20-8-5-17/h2-3,10H,4-9H2,1H3/p+1. The molecule has 0 unspecified atom stereocenters. The third kappa shape index (κ3) is 5.22. The smallest absolute Gasteiger partial charge is 0.342 e. The Morgan fingerprint density at radius 2 is 2.05 bits per heavy atom. The van der Waals surface area contributed by atoms with E-state index in [1.807, 2.05) is 0 Å². The molecule has 0 amide bonds. The third-order valence-corrected chi connectivity index (χ3v) is 3.98. The normalized spacial score (nSPS) is 15.4. The van der Waals surface area contributed by atoms with Gasteiger partial charge >= 0.3 is 11.9 Å². The first-order chi connectivity index (χ1) is 10.6. The average molecular weight is 420 g/mol. The zero-order valence-electron chi connectivity index (χ0n) is 12.4. The Morgan fingerprint density at radius 3 is 2.73 bits per heavy atom. The van der Waals surface area contributed by atoms with Crippen molar-refractivity contribution < 1.29 is 28.7 Å². The Morgan fingerprint density at radius 1 is 1.32 bits per heavy atom. The maximum absolute atomic E-state index is 12.2. The minimum Gasteiger partial charge on any atom is -0.456 e. The molecule has 6 nitrogen and oxygen atoms in total. The van der Waals surface area contributed by atoms with Crippen LogP contribution in [0.2, 0.25) is 0 Å². The van der Waals surface area contributed by atoms with Gasteiger partial charge in [0.15, 0.2) is 0 Å². The number of morpholine rings is 1. The van der Waals surface area contributed by atoms with Gasteiger partial charge in [0.2, 0.25) is 0 Å². The summed E-state index contributed by atoms with van der Waals surface area (Å²) < 4.78 is 16.5. The first-order valence-electron chi connectivity index (χ1n) is 7.12. The summed E-state index contributed by atoms with van der Waals surface area (Å²) >= 11 is 2.09. The van der Waals surface area contributed by atoms with Crippen LogP contribution in [0.3, 0.4) is 0 Å². The summed E-state index contributed by atoms with van der Waals surface area (Å²) in [6.07, 6.45) is 0. The average Bonchev–Trinajstić information content (AvgIpc) is 2.47. The van der Waals surface area contributed by atoms with E-state index in [2.05, 4.69) is 22.6 Å². The molecule has 0 aromatic heterocycles. The first-order valence-corrected chi connectivity index (χ1v) is 8.20. The van der Waals surface area contributed by atoms with Gasteiger partial charge < -0.3 is 19.1 Å². The van der Waals surface area contributed by atoms with Crippen LogP contribution in [0.15, 0.2) is 18.2 Å². The van der Waals surface area contributed by atoms with E-state index in [1.165, 1.54) is 11.8 Å². The van der Waals surface area contributed by atoms with Crippen LogP contribution in [0, 0.1) is 3.57 Å². The van der Waals surface area contributed by atoms with Crippen LogP contribution in [-0.4, -0.2) is 51.4 Å². The van der Waals surface area contributed by atoms with Crippen LogP contribution in [0.4, 0.5) is 0 Å². The highest BCUT2D eigenvalue weighted by Gasteiger charge is 2.18. The lowest BCUT2D eigenvalue weighted by molar-refractivity contribution is -0.908. The number of halogens is 1. The minimum absolute atomic E-state index is 0.239. The second-order valence-electron chi connectivity index (χ2n) is 4.98. The molecule has 1 aliphatic heterocycles. The Kier molecular flexibility index (Phi) is 6.59. The minimum atomic E-state index is -0.472. The molecule has 22 heavy (non-hydrogen) atoms. The molecule has 1 aromatic carbocycles. The highest BCUT2D eigenvalue weighted by atomic mass is 127. The topological polar surface area (TPSA) is 66.3 Å². The van der Waals surface area contributed by atoms with Crippen molar-refractivity contribution in [3.63, 3.8) is 0 Å². The fraction of sp³-hybridized carbons (Fsp3) is 0.467. The maximum Gasteiger partial charge on any atom is 0.342 e. The lowest BCUT2D eigenvalue weighted by Crippen LogP contribution is -3.14. The lowest BCUT2D eigenvalue weighted by Gasteiger charge is -2.23. The lowest BCUT2D eigenvalue weighted by atomic mass is 10.2. The number of carbonyl (C=O) groups is 2. The predicted molar refractivity (Wildman–Crippen MR) is 87.1 cm³/mol. The van der Waals surface area contributed by atoms with Crippen molar-refractivity contribution in [3.8, 4) is 5.75 Å². The van der Waals surface area contributed by atoms with Gasteiger partial charge in [-0.1, -0.05) is 0 Å². The molecule has 1 aromatic rings. The summed E-state index contributed by atoms with van der Waals surface area (Å²) in [5.41, 5.74) is 0.271. The van der Waals surface area contributed by atoms with E-state index in [-0.39, 0.29) is 11.3 Å². The highest BCUT2D eigenvalue weighted by Crippen LogP contribution is 2.22. The molecular formula is C15H19INO5+. The van der Waals surface area contributed by atoms with E-state index in [0.717, 1.165) is 36.4 Å². The summed E-state index contributed by atoms with van der Waals surface area (Å²) in [6, 6.07) is 5.03. The molecule has 0 atom stereocenters. The molecule has 0 radical (unpaired) electrons. The van der Waals surface area contributed by atoms with Crippen molar-refractivity contribution in [3.05, 3.63) is 27.3 Å². The fourth-order valence-corrected chi connectivity index (χ4v) is 2.64. The molecule has 0 saturated carbocycles. The van der Waals surface area contributed by atoms with E-state index >= 15 is 0 Å². The van der Waals surface area contributed by atoms with Crippen molar-refractivity contribution in [2.24, 2.45) is 0 Å². The van der Waals surface area contributed by atoms with E-state index in [0.29, 0.717) is 6.61 Å². The Hall–Kier alpha value is -1.19. The monoisotopic (exact) mass is 420 g/mol. The van der Waals surface area contributed by atoms with E-state index in [9.17, 15) is 9.59 Å². The predicted octanol–water partition coefficient (Wildman–Crippen LogP) is 0.288. The molecule has 1 N–H and O–H groups in total. The van der Waals surface area contributed by atoms with Crippen LogP contribution in [-0.2, 0) is 14.3 Å². The van der Waals surface area contributed by atoms with Crippen molar-refractivity contribution in [2.75, 3.05) is 39.5 Å². The summed E-state index contributed by atoms with van der Waals surface area (Å²) in [5.74, 6) is -0.697. The van der Waals surface area contributed by atoms with Gasteiger partial charge in [0, 0.05) is 10.5 Å². The Labute approximate surface area is 142 Å². The number of rotatable bonds is 5. The van der Waals surface area contributed by atoms with Gasteiger partial charge in [-0.3, -0.25) is 4.79 Å². The molecule has 1 aliphatic rings. The molecule has 2 rings (SSSR count). The summed E-state index contributed by atoms with van der Waals surface area (Å²) in [6.45, 7) is 5.74. The molecule has 1 saturated heterocycles. The number of esters is 2. The number of hydrogen-bond donors (Lipinski definition) is 1. The number of ether oxygens (including phenoxy) is 3. The summed E-state index contributed by atoms with van der Waals surface area (Å²) in [4.78, 5) is 24.6. The van der Waals surface area contributed by atoms with E-state index in [1.54, 1.807) is 18.2 Å². The molecule has 1 fully saturated rings. The van der Waals surface area contributed by atoms with Crippen LogP contribution < -0.4 is 9.64 Å². The second-order valence-corrected chi connectivity index (χ2v) is 6.23. The zero-order chi connectivity index (χ0) is 15.9. The first kappa shape index (κ1) is 17.2. The number of hydrogen-bond acceptors (Lipinski definition) is 5. The van der Waals surface area contributed by atoms with Crippen molar-refractivity contribution >= 4 is 34.5 Å². The van der Waals surface area contributed by atoms with E-state index in [4.69, 9.17) is 14.2 Å². The number of quaternary nitrogens is 1. The Balaban J connectivity index is 1.92. The molecule has 1 heterocycles. The van der Waals surface area contributed by atoms with Crippen LogP contribution in [0.1, 0.15) is 17.3 Å². The van der Waals surface area contributed by atoms with Crippen molar-refractivity contribution in [1.29, 1.82) is 0 Å². The van der Waals surface area contributed by atoms with E-state index < -0.39 is 11.9 Å². The summed E-state index contributed by atoms with van der Waals surface area (Å²) in [7, 11) is 0. The van der Waals surface area contributed by atoms with Gasteiger partial charge in [-0.2, -0.15) is 0 Å². The summed E-state index contributed by atoms with van der Waals surface area (Å²) in [5, 5.41) is 0. The zero-order valence-corrected chi connectivity index (χ0v) is 14.6. The quantitative estimate of drug-likeness (QED) is 0.422. The van der Waals surface area contributed by atoms with Gasteiger partial charge in [-0.05, 0) is 40.8 Å². The largest absolute Gasteiger partial charge is 0.456 e. The highest BCUT2D eigenvalue weighted by molar-refractivity contribution is 14.1. The molecule has 7 heteroatoms. The molecule has 120 valence electrons. The van der Waals surface area contributed by atoms with Gasteiger partial charge in [0.05, 0.1) is 13.2 Å². The molecule has 0 bridgehead atoms. The molecule has 0 aliphatic carbocycles. The van der Waals surface area contributed by atoms with Crippen LogP contribution in [0.5, 0.6) is 5.75 Å². The third-order valence-electron chi connectivity index (χ3n) is 3.31. The van der Waals surface area contributed by atoms with Crippen LogP contribution >= 0.6 is 22.6 Å². The van der Waals surface area contributed by atoms with Gasteiger partial charge in [0.1, 0.15) is 37.6 Å². The maximum atomic E-state index is 12.2. The molecule has 0 spiro atoms. The fourth-order valence-electron chi connectivity index (χ4n) is 2.18. The van der Waals surface area contributed by atoms with Crippen molar-refractivity contribution in [1.82, 2.24) is 0 Å². The number of benzene rings is 1. The van der Waals surface area contributed by atoms with Crippen molar-refractivity contribution in [2.45, 2.75) is 6.92 Å². The Bertz CT molecular complexity index is 543. The second kappa shape index (κ2) is 8.44. The number of carbonyl (C=O) groups excluding carboxylic acids is 2. The van der Waals surface area contributed by atoms with Gasteiger partial charge in [-0.15, -0.1) is 0 Å². The van der Waals surface area contributed by atoms with Gasteiger partial charge in [-0.25, -0.2) is 4.79 Å².